The highest BCUT2D eigenvalue weighted by Gasteiger charge is 2.42. The Morgan fingerprint density at radius 2 is 2.22 bits per heavy atom. The first-order chi connectivity index (χ1) is 13.2. The molecule has 1 amide bonds. The van der Waals surface area contributed by atoms with Gasteiger partial charge in [0.1, 0.15) is 0 Å². The first-order valence-electron chi connectivity index (χ1n) is 9.44. The zero-order chi connectivity index (χ0) is 18.5. The minimum atomic E-state index is 0.0900. The van der Waals surface area contributed by atoms with Crippen molar-refractivity contribution in [3.63, 3.8) is 0 Å². The van der Waals surface area contributed by atoms with E-state index in [-0.39, 0.29) is 11.9 Å². The molecule has 0 radical (unpaired) electrons. The van der Waals surface area contributed by atoms with Crippen molar-refractivity contribution in [2.75, 3.05) is 6.54 Å². The smallest absolute Gasteiger partial charge is 0.254 e. The Morgan fingerprint density at radius 1 is 1.33 bits per heavy atom. The van der Waals surface area contributed by atoms with Crippen LogP contribution < -0.4 is 0 Å². The van der Waals surface area contributed by atoms with E-state index in [4.69, 9.17) is 0 Å². The molecule has 0 bridgehead atoms. The van der Waals surface area contributed by atoms with Gasteiger partial charge in [0.25, 0.3) is 5.91 Å². The maximum absolute atomic E-state index is 13.3. The molecule has 1 N–H and O–H groups in total. The van der Waals surface area contributed by atoms with Crippen LogP contribution in [0.5, 0.6) is 0 Å². The normalized spacial score (nSPS) is 21.0. The Hall–Kier alpha value is -3.13. The maximum atomic E-state index is 13.3. The van der Waals surface area contributed by atoms with Gasteiger partial charge in [-0.05, 0) is 67.1 Å². The third kappa shape index (κ3) is 2.37. The number of likely N-dealkylation sites (tertiary alicyclic amines) is 1. The van der Waals surface area contributed by atoms with Crippen molar-refractivity contribution >= 4 is 16.9 Å². The molecule has 0 spiro atoms. The third-order valence-corrected chi connectivity index (χ3v) is 6.23. The molecule has 5 rings (SSSR count). The minimum absolute atomic E-state index is 0.0900. The summed E-state index contributed by atoms with van der Waals surface area (Å²) >= 11 is 0. The number of nitriles is 1. The molecule has 0 saturated carbocycles. The number of aromatic nitrogens is 2. The number of carbonyl (C=O) groups excluding carboxylic acids is 1. The van der Waals surface area contributed by atoms with Gasteiger partial charge in [-0.25, -0.2) is 4.98 Å². The van der Waals surface area contributed by atoms with Gasteiger partial charge in [-0.3, -0.25) is 4.79 Å². The van der Waals surface area contributed by atoms with E-state index in [1.165, 1.54) is 11.1 Å². The van der Waals surface area contributed by atoms with Crippen LogP contribution >= 0.6 is 0 Å². The van der Waals surface area contributed by atoms with Crippen molar-refractivity contribution in [3.8, 4) is 6.07 Å². The summed E-state index contributed by atoms with van der Waals surface area (Å²) in [5.41, 5.74) is 6.91. The molecule has 5 nitrogen and oxygen atoms in total. The van der Waals surface area contributed by atoms with Gasteiger partial charge in [-0.1, -0.05) is 6.07 Å². The van der Waals surface area contributed by atoms with Crippen LogP contribution in [-0.4, -0.2) is 33.4 Å². The van der Waals surface area contributed by atoms with Gasteiger partial charge in [-0.2, -0.15) is 5.26 Å². The number of H-pyrrole nitrogens is 1. The van der Waals surface area contributed by atoms with Crippen molar-refractivity contribution in [3.05, 3.63) is 64.5 Å². The fourth-order valence-corrected chi connectivity index (χ4v) is 4.96. The van der Waals surface area contributed by atoms with Crippen LogP contribution in [0.3, 0.4) is 0 Å². The molecule has 3 aromatic rings. The third-order valence-electron chi connectivity index (χ3n) is 6.23. The summed E-state index contributed by atoms with van der Waals surface area (Å²) in [5.74, 6) is 0.425. The van der Waals surface area contributed by atoms with E-state index in [2.05, 4.69) is 27.0 Å². The standard InChI is InChI=1S/C22H20N4O/c1-13-16(11-23)5-4-14-10-20-17(21(13)14)3-2-8-26(20)22(27)15-6-7-18-19(9-15)25-12-24-18/h4-7,9,12,17,20H,2-3,8,10H2,1H3,(H,24,25). The molecule has 1 saturated heterocycles. The molecule has 27 heavy (non-hydrogen) atoms. The molecule has 1 aliphatic carbocycles. The van der Waals surface area contributed by atoms with Gasteiger partial charge in [0.05, 0.1) is 29.0 Å². The van der Waals surface area contributed by atoms with Crippen LogP contribution in [0.2, 0.25) is 0 Å². The van der Waals surface area contributed by atoms with Crippen molar-refractivity contribution in [2.24, 2.45) is 0 Å². The Labute approximate surface area is 157 Å². The molecule has 1 aromatic heterocycles. The zero-order valence-electron chi connectivity index (χ0n) is 15.2. The number of hydrogen-bond acceptors (Lipinski definition) is 3. The van der Waals surface area contributed by atoms with Crippen LogP contribution in [0.4, 0.5) is 0 Å². The van der Waals surface area contributed by atoms with Gasteiger partial charge in [0, 0.05) is 24.1 Å². The Morgan fingerprint density at radius 3 is 3.07 bits per heavy atom. The highest BCUT2D eigenvalue weighted by atomic mass is 16.2. The minimum Gasteiger partial charge on any atom is -0.345 e. The maximum Gasteiger partial charge on any atom is 0.254 e. The van der Waals surface area contributed by atoms with Crippen molar-refractivity contribution in [2.45, 2.75) is 38.1 Å². The zero-order valence-corrected chi connectivity index (χ0v) is 15.2. The van der Waals surface area contributed by atoms with Crippen LogP contribution in [0.25, 0.3) is 11.0 Å². The van der Waals surface area contributed by atoms with E-state index in [0.29, 0.717) is 11.5 Å². The number of benzene rings is 2. The number of piperidine rings is 1. The molecule has 2 aliphatic rings. The fraction of sp³-hybridized carbons (Fsp3) is 0.318. The number of fused-ring (bicyclic) bond motifs is 4. The summed E-state index contributed by atoms with van der Waals surface area (Å²) in [6.45, 7) is 2.84. The highest BCUT2D eigenvalue weighted by molar-refractivity contribution is 5.97. The van der Waals surface area contributed by atoms with Gasteiger partial charge in [-0.15, -0.1) is 0 Å². The molecule has 134 valence electrons. The molecular weight excluding hydrogens is 336 g/mol. The molecule has 2 unspecified atom stereocenters. The van der Waals surface area contributed by atoms with Gasteiger partial charge >= 0.3 is 0 Å². The van der Waals surface area contributed by atoms with Crippen molar-refractivity contribution in [1.29, 1.82) is 5.26 Å². The lowest BCUT2D eigenvalue weighted by Crippen LogP contribution is -2.46. The van der Waals surface area contributed by atoms with E-state index < -0.39 is 0 Å². The van der Waals surface area contributed by atoms with Crippen molar-refractivity contribution < 1.29 is 4.79 Å². The number of rotatable bonds is 1. The van der Waals surface area contributed by atoms with Gasteiger partial charge < -0.3 is 9.88 Å². The monoisotopic (exact) mass is 356 g/mol. The molecule has 5 heteroatoms. The molecule has 2 aromatic carbocycles. The van der Waals surface area contributed by atoms with E-state index >= 15 is 0 Å². The topological polar surface area (TPSA) is 72.8 Å². The predicted molar refractivity (Wildman–Crippen MR) is 102 cm³/mol. The SMILES string of the molecule is Cc1c(C#N)ccc2c1C1CCCN(C(=O)c3ccc4nc[nH]c4c3)C1C2. The van der Waals surface area contributed by atoms with E-state index in [0.717, 1.165) is 48.0 Å². The number of amides is 1. The lowest BCUT2D eigenvalue weighted by atomic mass is 9.85. The Kier molecular flexibility index (Phi) is 3.54. The van der Waals surface area contributed by atoms with E-state index in [1.54, 1.807) is 6.33 Å². The lowest BCUT2D eigenvalue weighted by molar-refractivity contribution is 0.0595. The highest BCUT2D eigenvalue weighted by Crippen LogP contribution is 2.44. The van der Waals surface area contributed by atoms with E-state index in [1.807, 2.05) is 31.2 Å². The van der Waals surface area contributed by atoms with E-state index in [9.17, 15) is 10.1 Å². The number of nitrogens with one attached hydrogen (secondary N) is 1. The molecular formula is C22H20N4O. The second kappa shape index (κ2) is 5.95. The summed E-state index contributed by atoms with van der Waals surface area (Å²) in [4.78, 5) is 22.7. The summed E-state index contributed by atoms with van der Waals surface area (Å²) in [7, 11) is 0. The molecule has 2 heterocycles. The Bertz CT molecular complexity index is 1110. The average Bonchev–Trinajstić information content (AvgIpc) is 3.31. The van der Waals surface area contributed by atoms with Gasteiger partial charge in [0.15, 0.2) is 0 Å². The summed E-state index contributed by atoms with van der Waals surface area (Å²) < 4.78 is 0. The summed E-state index contributed by atoms with van der Waals surface area (Å²) in [6.07, 6.45) is 4.61. The number of nitrogens with zero attached hydrogens (tertiary/aromatic N) is 3. The van der Waals surface area contributed by atoms with Crippen LogP contribution in [-0.2, 0) is 6.42 Å². The molecule has 1 fully saturated rings. The van der Waals surface area contributed by atoms with Crippen LogP contribution in [0, 0.1) is 18.3 Å². The largest absolute Gasteiger partial charge is 0.345 e. The van der Waals surface area contributed by atoms with Crippen LogP contribution in [0.15, 0.2) is 36.7 Å². The number of imidazole rings is 1. The number of aromatic amines is 1. The second-order valence-corrected chi connectivity index (χ2v) is 7.58. The first kappa shape index (κ1) is 16.1. The van der Waals surface area contributed by atoms with Gasteiger partial charge in [0.2, 0.25) is 0 Å². The number of hydrogen-bond donors (Lipinski definition) is 1. The lowest BCUT2D eigenvalue weighted by Gasteiger charge is -2.38. The Balaban J connectivity index is 1.50. The summed E-state index contributed by atoms with van der Waals surface area (Å²) in [6, 6.07) is 12.2. The van der Waals surface area contributed by atoms with Crippen molar-refractivity contribution in [1.82, 2.24) is 14.9 Å². The average molecular weight is 356 g/mol. The summed E-state index contributed by atoms with van der Waals surface area (Å²) in [5, 5.41) is 9.38. The number of carbonyl (C=O) groups is 1. The quantitative estimate of drug-likeness (QED) is 0.723. The van der Waals surface area contributed by atoms with Crippen LogP contribution in [0.1, 0.15) is 51.4 Å². The fourth-order valence-electron chi connectivity index (χ4n) is 4.96. The predicted octanol–water partition coefficient (Wildman–Crippen LogP) is 3.69. The molecule has 2 atom stereocenters. The molecule has 1 aliphatic heterocycles. The first-order valence-corrected chi connectivity index (χ1v) is 9.44. The second-order valence-electron chi connectivity index (χ2n) is 7.58.